The Morgan fingerprint density at radius 1 is 1.25 bits per heavy atom. The van der Waals surface area contributed by atoms with Crippen molar-refractivity contribution in [3.8, 4) is 0 Å². The number of hydrogen-bond donors (Lipinski definition) is 1. The van der Waals surface area contributed by atoms with Crippen molar-refractivity contribution in [1.29, 1.82) is 0 Å². The molecule has 0 aliphatic heterocycles. The molecule has 2 N–H and O–H groups in total. The molecule has 3 nitrogen and oxygen atoms in total. The molecule has 0 radical (unpaired) electrons. The van der Waals surface area contributed by atoms with E-state index in [1.807, 2.05) is 0 Å². The van der Waals surface area contributed by atoms with Crippen LogP contribution in [0.15, 0.2) is 9.59 Å². The highest BCUT2D eigenvalue weighted by molar-refractivity contribution is 5.50. The fourth-order valence-electron chi connectivity index (χ4n) is 0.523. The molecule has 0 spiro atoms. The molecule has 0 saturated heterocycles. The molecule has 0 bridgehead atoms. The first-order chi connectivity index (χ1) is 3.64. The van der Waals surface area contributed by atoms with Gasteiger partial charge in [-0.25, -0.2) is 0 Å². The minimum Gasteiger partial charge on any atom is -0.395 e. The van der Waals surface area contributed by atoms with Crippen LogP contribution in [0.4, 0.5) is 5.69 Å². The zero-order valence-electron chi connectivity index (χ0n) is 4.39. The van der Waals surface area contributed by atoms with Crippen LogP contribution in [0.1, 0.15) is 5.56 Å². The Morgan fingerprint density at radius 2 is 1.75 bits per heavy atom. The molecule has 0 aromatic heterocycles. The average Bonchev–Trinajstić information content (AvgIpc) is 1.83. The van der Waals surface area contributed by atoms with E-state index in [1.54, 1.807) is 6.92 Å². The van der Waals surface area contributed by atoms with Crippen LogP contribution < -0.4 is 16.6 Å². The van der Waals surface area contributed by atoms with Crippen molar-refractivity contribution in [2.75, 3.05) is 5.73 Å². The molecule has 8 heavy (non-hydrogen) atoms. The van der Waals surface area contributed by atoms with Gasteiger partial charge in [0.1, 0.15) is 0 Å². The van der Waals surface area contributed by atoms with Crippen molar-refractivity contribution in [2.45, 2.75) is 6.92 Å². The van der Waals surface area contributed by atoms with Crippen molar-refractivity contribution < 1.29 is 0 Å². The van der Waals surface area contributed by atoms with Crippen molar-refractivity contribution >= 4 is 5.69 Å². The van der Waals surface area contributed by atoms with E-state index in [0.29, 0.717) is 5.56 Å². The zero-order chi connectivity index (χ0) is 6.31. The van der Waals surface area contributed by atoms with E-state index < -0.39 is 10.9 Å². The summed E-state index contributed by atoms with van der Waals surface area (Å²) in [7, 11) is 0. The monoisotopic (exact) mass is 111 g/mol. The van der Waals surface area contributed by atoms with E-state index in [2.05, 4.69) is 0 Å². The molecule has 0 unspecified atom stereocenters. The van der Waals surface area contributed by atoms with Gasteiger partial charge in [-0.05, 0) is 6.92 Å². The topological polar surface area (TPSA) is 60.2 Å². The molecular weight excluding hydrogens is 106 g/mol. The first kappa shape index (κ1) is 5.03. The normalized spacial score (nSPS) is 10.1. The van der Waals surface area contributed by atoms with Gasteiger partial charge < -0.3 is 5.73 Å². The summed E-state index contributed by atoms with van der Waals surface area (Å²) in [6, 6.07) is 0. The molecule has 0 atom stereocenters. The van der Waals surface area contributed by atoms with Gasteiger partial charge in [-0.2, -0.15) is 0 Å². The quantitative estimate of drug-likeness (QED) is 0.444. The summed E-state index contributed by atoms with van der Waals surface area (Å²) >= 11 is 0. The largest absolute Gasteiger partial charge is 0.395 e. The van der Waals surface area contributed by atoms with Crippen LogP contribution >= 0.6 is 0 Å². The van der Waals surface area contributed by atoms with Gasteiger partial charge in [-0.3, -0.25) is 9.59 Å². The molecule has 1 aromatic rings. The molecule has 1 rings (SSSR count). The molecule has 1 aromatic carbocycles. The SMILES string of the molecule is Cc1c(N)c(=O)c1=O. The summed E-state index contributed by atoms with van der Waals surface area (Å²) in [4.78, 5) is 20.5. The van der Waals surface area contributed by atoms with Gasteiger partial charge in [0.05, 0.1) is 5.69 Å². The van der Waals surface area contributed by atoms with E-state index in [4.69, 9.17) is 5.73 Å². The number of anilines is 1. The van der Waals surface area contributed by atoms with Crippen LogP contribution in [0.3, 0.4) is 0 Å². The van der Waals surface area contributed by atoms with Crippen molar-refractivity contribution in [1.82, 2.24) is 0 Å². The summed E-state index contributed by atoms with van der Waals surface area (Å²) < 4.78 is 0. The third-order valence-corrected chi connectivity index (χ3v) is 1.20. The second kappa shape index (κ2) is 1.18. The van der Waals surface area contributed by atoms with E-state index >= 15 is 0 Å². The molecule has 0 aliphatic rings. The summed E-state index contributed by atoms with van der Waals surface area (Å²) in [5.74, 6) is 0. The Balaban J connectivity index is 3.48. The number of hydrogen-bond acceptors (Lipinski definition) is 3. The van der Waals surface area contributed by atoms with Crippen molar-refractivity contribution in [3.05, 3.63) is 26.0 Å². The lowest BCUT2D eigenvalue weighted by molar-refractivity contribution is 1.29. The molecule has 3 heteroatoms. The van der Waals surface area contributed by atoms with E-state index in [1.165, 1.54) is 0 Å². The fraction of sp³-hybridized carbons (Fsp3) is 0.200. The number of nitrogen functional groups attached to an aromatic ring is 1. The summed E-state index contributed by atoms with van der Waals surface area (Å²) in [6.07, 6.45) is 0. The Bertz CT molecular complexity index is 250. The summed E-state index contributed by atoms with van der Waals surface area (Å²) in [5, 5.41) is 0. The highest BCUT2D eigenvalue weighted by Crippen LogP contribution is 1.95. The third-order valence-electron chi connectivity index (χ3n) is 1.20. The second-order valence-corrected chi connectivity index (χ2v) is 1.70. The maximum Gasteiger partial charge on any atom is 0.249 e. The van der Waals surface area contributed by atoms with Crippen molar-refractivity contribution in [3.63, 3.8) is 0 Å². The molecule has 0 amide bonds. The standard InChI is InChI=1S/C5H5NO2/c1-2-3(6)5(8)4(2)7/h6H2,1H3. The first-order valence-electron chi connectivity index (χ1n) is 2.20. The van der Waals surface area contributed by atoms with Gasteiger partial charge in [-0.1, -0.05) is 0 Å². The molecule has 0 aliphatic carbocycles. The fourth-order valence-corrected chi connectivity index (χ4v) is 0.523. The molecular formula is C5H5NO2. The van der Waals surface area contributed by atoms with Crippen LogP contribution in [0.2, 0.25) is 0 Å². The minimum absolute atomic E-state index is 0.120. The molecule has 0 heterocycles. The van der Waals surface area contributed by atoms with Crippen LogP contribution in [-0.2, 0) is 0 Å². The predicted molar refractivity (Wildman–Crippen MR) is 30.5 cm³/mol. The summed E-state index contributed by atoms with van der Waals surface area (Å²) in [5.41, 5.74) is 4.60. The maximum atomic E-state index is 10.3. The first-order valence-corrected chi connectivity index (χ1v) is 2.20. The molecule has 42 valence electrons. The van der Waals surface area contributed by atoms with Gasteiger partial charge in [0, 0.05) is 5.56 Å². The van der Waals surface area contributed by atoms with E-state index in [9.17, 15) is 9.59 Å². The number of rotatable bonds is 0. The Kier molecular flexibility index (Phi) is 0.743. The molecule has 0 saturated carbocycles. The maximum absolute atomic E-state index is 10.3. The van der Waals surface area contributed by atoms with Gasteiger partial charge in [0.15, 0.2) is 0 Å². The lowest BCUT2D eigenvalue weighted by atomic mass is 10.1. The van der Waals surface area contributed by atoms with Crippen LogP contribution in [-0.4, -0.2) is 0 Å². The van der Waals surface area contributed by atoms with Gasteiger partial charge >= 0.3 is 0 Å². The molecule has 0 fully saturated rings. The number of nitrogens with two attached hydrogens (primary N) is 1. The second-order valence-electron chi connectivity index (χ2n) is 1.70. The predicted octanol–water partition coefficient (Wildman–Crippen LogP) is -0.827. The Morgan fingerprint density at radius 3 is 1.88 bits per heavy atom. The highest BCUT2D eigenvalue weighted by Gasteiger charge is 2.11. The highest BCUT2D eigenvalue weighted by atomic mass is 16.2. The van der Waals surface area contributed by atoms with Crippen LogP contribution in [0.5, 0.6) is 0 Å². The van der Waals surface area contributed by atoms with Crippen molar-refractivity contribution in [2.24, 2.45) is 0 Å². The Labute approximate surface area is 45.4 Å². The van der Waals surface area contributed by atoms with Gasteiger partial charge in [-0.15, -0.1) is 0 Å². The average molecular weight is 111 g/mol. The lowest BCUT2D eigenvalue weighted by Gasteiger charge is -1.95. The minimum atomic E-state index is -0.539. The summed E-state index contributed by atoms with van der Waals surface area (Å²) in [6.45, 7) is 1.54. The zero-order valence-corrected chi connectivity index (χ0v) is 4.39. The van der Waals surface area contributed by atoms with E-state index in [-0.39, 0.29) is 5.69 Å². The Hall–Kier alpha value is -1.12. The van der Waals surface area contributed by atoms with Gasteiger partial charge in [0.2, 0.25) is 10.9 Å². The lowest BCUT2D eigenvalue weighted by Crippen LogP contribution is -2.36. The third kappa shape index (κ3) is 0.332. The van der Waals surface area contributed by atoms with Gasteiger partial charge in [0.25, 0.3) is 0 Å². The van der Waals surface area contributed by atoms with E-state index in [0.717, 1.165) is 0 Å². The van der Waals surface area contributed by atoms with Crippen LogP contribution in [0, 0.1) is 6.92 Å². The smallest absolute Gasteiger partial charge is 0.249 e. The van der Waals surface area contributed by atoms with Crippen LogP contribution in [0.25, 0.3) is 0 Å².